The molecule has 0 aromatic heterocycles. The molecule has 7 heteroatoms. The molecule has 0 aliphatic rings. The summed E-state index contributed by atoms with van der Waals surface area (Å²) in [5.74, 6) is -1.44. The summed E-state index contributed by atoms with van der Waals surface area (Å²) in [6.07, 6.45) is 2.50. The maximum absolute atomic E-state index is 10.3. The Morgan fingerprint density at radius 3 is 2.48 bits per heavy atom. The molecule has 0 fully saturated rings. The highest BCUT2D eigenvalue weighted by atomic mass is 16.4. The van der Waals surface area contributed by atoms with Crippen molar-refractivity contribution in [2.45, 2.75) is 25.3 Å². The van der Waals surface area contributed by atoms with E-state index in [2.05, 4.69) is 5.32 Å². The van der Waals surface area contributed by atoms with Crippen molar-refractivity contribution in [2.24, 2.45) is 5.73 Å². The van der Waals surface area contributed by atoms with Gasteiger partial charge in [-0.3, -0.25) is 9.59 Å². The number of carbonyl (C=O) groups excluding carboxylic acids is 1. The molecule has 0 unspecified atom stereocenters. The van der Waals surface area contributed by atoms with Crippen molar-refractivity contribution in [3.63, 3.8) is 0 Å². The lowest BCUT2D eigenvalue weighted by Gasteiger charge is -2.08. The lowest BCUT2D eigenvalue weighted by atomic mass is 10.1. The van der Waals surface area contributed by atoms with Gasteiger partial charge >= 0.3 is 5.97 Å². The number of rotatable bonds is 7. The van der Waals surface area contributed by atoms with Crippen LogP contribution in [-0.4, -0.2) is 36.3 Å². The number of nitrogens with two attached hydrogens (primary N) is 1. The van der Waals surface area contributed by atoms with E-state index in [1.807, 2.05) is 30.3 Å². The number of carbonyl (C=O) groups is 2. The minimum Gasteiger partial charge on any atom is -0.626 e. The molecule has 0 aliphatic carbocycles. The fourth-order valence-electron chi connectivity index (χ4n) is 1.45. The van der Waals surface area contributed by atoms with Gasteiger partial charge in [0.2, 0.25) is 5.91 Å². The number of carboxylic acids is 1. The maximum atomic E-state index is 10.3. The Morgan fingerprint density at radius 2 is 2.05 bits per heavy atom. The van der Waals surface area contributed by atoms with Crippen molar-refractivity contribution in [1.82, 2.24) is 5.32 Å². The molecule has 1 rings (SSSR count). The number of hydrogen-bond acceptors (Lipinski definition) is 4. The lowest BCUT2D eigenvalue weighted by Crippen LogP contribution is -2.60. The maximum Gasteiger partial charge on any atom is 0.320 e. The minimum absolute atomic E-state index is 0.0950. The predicted octanol–water partition coefficient (Wildman–Crippen LogP) is -1.20. The van der Waals surface area contributed by atoms with Crippen molar-refractivity contribution >= 4 is 18.1 Å². The first kappa shape index (κ1) is 18.6. The van der Waals surface area contributed by atoms with Crippen LogP contribution < -0.4 is 16.2 Å². The van der Waals surface area contributed by atoms with Crippen molar-refractivity contribution < 1.29 is 19.9 Å². The Hall–Kier alpha value is -2.41. The summed E-state index contributed by atoms with van der Waals surface area (Å²) < 4.78 is 0. The van der Waals surface area contributed by atoms with Gasteiger partial charge < -0.3 is 21.4 Å². The van der Waals surface area contributed by atoms with Crippen LogP contribution in [0.15, 0.2) is 30.3 Å². The molecule has 1 aromatic rings. The van der Waals surface area contributed by atoms with Crippen LogP contribution in [0.5, 0.6) is 0 Å². The Labute approximate surface area is 123 Å². The highest BCUT2D eigenvalue weighted by Gasteiger charge is 2.14. The predicted molar refractivity (Wildman–Crippen MR) is 79.5 cm³/mol. The van der Waals surface area contributed by atoms with Gasteiger partial charge in [0.05, 0.1) is 6.42 Å². The highest BCUT2D eigenvalue weighted by molar-refractivity contribution is 5.77. The lowest BCUT2D eigenvalue weighted by molar-refractivity contribution is -0.368. The zero-order chi connectivity index (χ0) is 16.1. The molecule has 0 saturated heterocycles. The van der Waals surface area contributed by atoms with Crippen LogP contribution in [0.2, 0.25) is 0 Å². The van der Waals surface area contributed by atoms with E-state index in [0.29, 0.717) is 6.42 Å². The van der Waals surface area contributed by atoms with Crippen LogP contribution in [0.25, 0.3) is 0 Å². The molecule has 0 aliphatic heterocycles. The monoisotopic (exact) mass is 295 g/mol. The van der Waals surface area contributed by atoms with E-state index in [9.17, 15) is 14.8 Å². The van der Waals surface area contributed by atoms with Gasteiger partial charge in [0, 0.05) is 6.42 Å². The first-order valence-corrected chi connectivity index (χ1v) is 6.42. The smallest absolute Gasteiger partial charge is 0.320 e. The third-order valence-electron chi connectivity index (χ3n) is 2.59. The molecule has 116 valence electrons. The number of aliphatic carboxylic acids is 1. The topological polar surface area (TPSA) is 129 Å². The second-order valence-corrected chi connectivity index (χ2v) is 4.20. The normalized spacial score (nSPS) is 11.5. The van der Waals surface area contributed by atoms with E-state index in [1.165, 1.54) is 13.3 Å². The summed E-state index contributed by atoms with van der Waals surface area (Å²) in [5.41, 5.74) is 5.98. The standard InChI is InChI=1S/C8H9NO.C6H12N2O3/c10-9-7-6-8-4-2-1-3-5-8;1-8-4(6(10)11)2-3-5(7)9/h1-5,7,9H,6H2;4,8H,2-3H2,1H3,(H2,7,9)(H,10,11)/t;4-/m.0/s1. The van der Waals surface area contributed by atoms with Gasteiger partial charge in [-0.25, -0.2) is 5.16 Å². The van der Waals surface area contributed by atoms with Crippen LogP contribution in [0, 0.1) is 5.21 Å². The summed E-state index contributed by atoms with van der Waals surface area (Å²) in [7, 11) is 1.53. The zero-order valence-corrected chi connectivity index (χ0v) is 11.9. The van der Waals surface area contributed by atoms with Crippen LogP contribution in [0.1, 0.15) is 18.4 Å². The Bertz CT molecular complexity index is 449. The third-order valence-corrected chi connectivity index (χ3v) is 2.59. The third kappa shape index (κ3) is 10.1. The highest BCUT2D eigenvalue weighted by Crippen LogP contribution is 1.96. The quantitative estimate of drug-likeness (QED) is 0.285. The van der Waals surface area contributed by atoms with Crippen molar-refractivity contribution in [2.75, 3.05) is 7.05 Å². The second-order valence-electron chi connectivity index (χ2n) is 4.20. The van der Waals surface area contributed by atoms with E-state index >= 15 is 0 Å². The molecule has 0 radical (unpaired) electrons. The molecule has 1 amide bonds. The van der Waals surface area contributed by atoms with E-state index in [-0.39, 0.29) is 12.8 Å². The average molecular weight is 295 g/mol. The minimum atomic E-state index is -0.964. The van der Waals surface area contributed by atoms with E-state index in [1.54, 1.807) is 5.16 Å². The summed E-state index contributed by atoms with van der Waals surface area (Å²) in [6.45, 7) is 0. The zero-order valence-electron chi connectivity index (χ0n) is 11.9. The summed E-state index contributed by atoms with van der Waals surface area (Å²) in [6, 6.07) is 9.14. The molecule has 7 nitrogen and oxygen atoms in total. The SMILES string of the molecule is CN[C@@H](CCC(N)=O)C(=O)O.[O-][NH+]=CCc1ccccc1. The largest absolute Gasteiger partial charge is 0.626 e. The first-order valence-electron chi connectivity index (χ1n) is 6.42. The van der Waals surface area contributed by atoms with Gasteiger partial charge in [-0.15, -0.1) is 0 Å². The van der Waals surface area contributed by atoms with Crippen molar-refractivity contribution in [3.8, 4) is 0 Å². The molecule has 0 saturated carbocycles. The van der Waals surface area contributed by atoms with Crippen LogP contribution >= 0.6 is 0 Å². The molecular formula is C14H21N3O4. The summed E-state index contributed by atoms with van der Waals surface area (Å²) >= 11 is 0. The molecule has 5 N–H and O–H groups in total. The molecular weight excluding hydrogens is 274 g/mol. The number of hydrogen-bond donors (Lipinski definition) is 4. The van der Waals surface area contributed by atoms with Gasteiger partial charge in [0.25, 0.3) is 0 Å². The molecule has 1 aromatic carbocycles. The van der Waals surface area contributed by atoms with E-state index in [0.717, 1.165) is 5.56 Å². The number of primary amides is 1. The van der Waals surface area contributed by atoms with Crippen LogP contribution in [0.4, 0.5) is 0 Å². The molecule has 21 heavy (non-hydrogen) atoms. The van der Waals surface area contributed by atoms with E-state index in [4.69, 9.17) is 10.8 Å². The van der Waals surface area contributed by atoms with Gasteiger partial charge in [-0.1, -0.05) is 30.3 Å². The second kappa shape index (κ2) is 11.4. The van der Waals surface area contributed by atoms with Gasteiger partial charge in [0.15, 0.2) is 6.21 Å². The summed E-state index contributed by atoms with van der Waals surface area (Å²) in [4.78, 5) is 20.6. The number of likely N-dealkylation sites (N-methyl/N-ethyl adjacent to an activating group) is 1. The molecule has 1 atom stereocenters. The van der Waals surface area contributed by atoms with E-state index < -0.39 is 17.9 Å². The average Bonchev–Trinajstić information content (AvgIpc) is 2.47. The molecule has 0 heterocycles. The van der Waals surface area contributed by atoms with Crippen molar-refractivity contribution in [3.05, 3.63) is 41.1 Å². The van der Waals surface area contributed by atoms with Gasteiger partial charge in [-0.05, 0) is 19.0 Å². The van der Waals surface area contributed by atoms with Crippen molar-refractivity contribution in [1.29, 1.82) is 0 Å². The Balaban J connectivity index is 0.000000382. The van der Waals surface area contributed by atoms with Crippen LogP contribution in [-0.2, 0) is 16.0 Å². The van der Waals surface area contributed by atoms with Gasteiger partial charge in [0.1, 0.15) is 6.04 Å². The Morgan fingerprint density at radius 1 is 1.43 bits per heavy atom. The summed E-state index contributed by atoms with van der Waals surface area (Å²) in [5, 5.41) is 22.6. The number of benzene rings is 1. The number of amides is 1. The Kier molecular flexibility index (Phi) is 10.1. The fourth-order valence-corrected chi connectivity index (χ4v) is 1.45. The first-order chi connectivity index (χ1) is 10.0. The number of carboxylic acid groups (broad SMARTS) is 1. The van der Waals surface area contributed by atoms with Crippen LogP contribution in [0.3, 0.4) is 0 Å². The molecule has 0 spiro atoms. The molecule has 0 bridgehead atoms. The fraction of sp³-hybridized carbons (Fsp3) is 0.357. The number of nitrogens with one attached hydrogen (secondary N) is 2. The van der Waals surface area contributed by atoms with Gasteiger partial charge in [-0.2, -0.15) is 0 Å².